The first-order chi connectivity index (χ1) is 12.6. The van der Waals surface area contributed by atoms with Crippen LogP contribution < -0.4 is 10.6 Å². The van der Waals surface area contributed by atoms with Gasteiger partial charge in [-0.1, -0.05) is 42.5 Å². The second-order valence-electron chi connectivity index (χ2n) is 6.80. The molecular formula is C21H27N3O2. The maximum atomic E-state index is 12.2. The van der Waals surface area contributed by atoms with Crippen molar-refractivity contribution in [1.29, 1.82) is 0 Å². The molecule has 0 saturated carbocycles. The molecule has 5 heteroatoms. The number of carbonyl (C=O) groups excluding carboxylic acids is 1. The second kappa shape index (κ2) is 8.83. The summed E-state index contributed by atoms with van der Waals surface area (Å²) in [6.45, 7) is 7.89. The van der Waals surface area contributed by atoms with Crippen LogP contribution in [0.5, 0.6) is 0 Å². The fraction of sp³-hybridized carbons (Fsp3) is 0.381. The average Bonchev–Trinajstić information content (AvgIpc) is 2.65. The molecule has 138 valence electrons. The quantitative estimate of drug-likeness (QED) is 0.867. The van der Waals surface area contributed by atoms with Crippen LogP contribution in [0.15, 0.2) is 48.5 Å². The smallest absolute Gasteiger partial charge is 0.319 e. The minimum atomic E-state index is -0.192. The first kappa shape index (κ1) is 18.4. The summed E-state index contributed by atoms with van der Waals surface area (Å²) in [4.78, 5) is 14.6. The van der Waals surface area contributed by atoms with Crippen LogP contribution in [0.2, 0.25) is 0 Å². The molecule has 1 aliphatic rings. The van der Waals surface area contributed by atoms with E-state index in [1.54, 1.807) is 0 Å². The molecule has 26 heavy (non-hydrogen) atoms. The minimum Gasteiger partial charge on any atom is -0.374 e. The third-order valence-electron chi connectivity index (χ3n) is 4.82. The van der Waals surface area contributed by atoms with Gasteiger partial charge >= 0.3 is 6.03 Å². The third-order valence-corrected chi connectivity index (χ3v) is 4.82. The fourth-order valence-electron chi connectivity index (χ4n) is 3.15. The zero-order valence-electron chi connectivity index (χ0n) is 15.5. The van der Waals surface area contributed by atoms with E-state index in [0.29, 0.717) is 13.2 Å². The lowest BCUT2D eigenvalue weighted by atomic mass is 10.1. The van der Waals surface area contributed by atoms with Gasteiger partial charge in [0.25, 0.3) is 0 Å². The minimum absolute atomic E-state index is 0.0109. The summed E-state index contributed by atoms with van der Waals surface area (Å²) >= 11 is 0. The molecule has 2 aromatic rings. The molecule has 2 aromatic carbocycles. The van der Waals surface area contributed by atoms with Crippen molar-refractivity contribution in [2.24, 2.45) is 0 Å². The number of amides is 2. The van der Waals surface area contributed by atoms with E-state index in [9.17, 15) is 4.79 Å². The van der Waals surface area contributed by atoms with Crippen molar-refractivity contribution in [2.75, 3.05) is 31.6 Å². The lowest BCUT2D eigenvalue weighted by Crippen LogP contribution is -2.47. The second-order valence-corrected chi connectivity index (χ2v) is 6.80. The van der Waals surface area contributed by atoms with E-state index >= 15 is 0 Å². The van der Waals surface area contributed by atoms with E-state index in [2.05, 4.69) is 39.8 Å². The Bertz CT molecular complexity index is 733. The normalized spacial score (nSPS) is 17.7. The molecule has 3 rings (SSSR count). The van der Waals surface area contributed by atoms with Crippen molar-refractivity contribution in [3.05, 3.63) is 65.2 Å². The number of aryl methyl sites for hydroxylation is 1. The van der Waals surface area contributed by atoms with Crippen LogP contribution in [0.1, 0.15) is 16.7 Å². The number of nitrogens with one attached hydrogen (secondary N) is 2. The summed E-state index contributed by atoms with van der Waals surface area (Å²) in [5, 5.41) is 5.85. The highest BCUT2D eigenvalue weighted by molar-refractivity contribution is 5.90. The molecule has 1 aliphatic heterocycles. The number of benzene rings is 2. The number of morpholine rings is 1. The van der Waals surface area contributed by atoms with E-state index in [1.165, 1.54) is 5.56 Å². The molecular weight excluding hydrogens is 326 g/mol. The number of anilines is 1. The van der Waals surface area contributed by atoms with E-state index in [-0.39, 0.29) is 12.1 Å². The summed E-state index contributed by atoms with van der Waals surface area (Å²) in [6.07, 6.45) is 0.0109. The summed E-state index contributed by atoms with van der Waals surface area (Å²) in [5.41, 5.74) is 4.40. The zero-order valence-corrected chi connectivity index (χ0v) is 15.5. The van der Waals surface area contributed by atoms with Crippen molar-refractivity contribution in [3.8, 4) is 0 Å². The van der Waals surface area contributed by atoms with Gasteiger partial charge in [-0.2, -0.15) is 0 Å². The molecule has 0 bridgehead atoms. The SMILES string of the molecule is Cc1cccc(NC(=O)NCC2CN(Cc3ccccc3)CCO2)c1C. The Morgan fingerprint density at radius 3 is 2.77 bits per heavy atom. The van der Waals surface area contributed by atoms with Crippen molar-refractivity contribution < 1.29 is 9.53 Å². The van der Waals surface area contributed by atoms with Gasteiger partial charge in [-0.3, -0.25) is 4.90 Å². The van der Waals surface area contributed by atoms with E-state index in [0.717, 1.165) is 36.4 Å². The zero-order chi connectivity index (χ0) is 18.4. The molecule has 0 spiro atoms. The molecule has 0 aliphatic carbocycles. The summed E-state index contributed by atoms with van der Waals surface area (Å²) < 4.78 is 5.81. The Balaban J connectivity index is 1.46. The van der Waals surface area contributed by atoms with E-state index in [1.807, 2.05) is 38.1 Å². The van der Waals surface area contributed by atoms with Crippen LogP contribution in [0.3, 0.4) is 0 Å². The van der Waals surface area contributed by atoms with Crippen LogP contribution in [-0.2, 0) is 11.3 Å². The van der Waals surface area contributed by atoms with Crippen LogP contribution in [-0.4, -0.2) is 43.3 Å². The number of urea groups is 1. The first-order valence-electron chi connectivity index (χ1n) is 9.11. The number of hydrogen-bond acceptors (Lipinski definition) is 3. The average molecular weight is 353 g/mol. The van der Waals surface area contributed by atoms with Gasteiger partial charge in [0.15, 0.2) is 0 Å². The fourth-order valence-corrected chi connectivity index (χ4v) is 3.15. The highest BCUT2D eigenvalue weighted by Gasteiger charge is 2.21. The van der Waals surface area contributed by atoms with Crippen LogP contribution in [0, 0.1) is 13.8 Å². The third kappa shape index (κ3) is 5.07. The Morgan fingerprint density at radius 1 is 1.15 bits per heavy atom. The molecule has 1 saturated heterocycles. The van der Waals surface area contributed by atoms with E-state index < -0.39 is 0 Å². The van der Waals surface area contributed by atoms with Gasteiger partial charge in [-0.05, 0) is 36.6 Å². The number of nitrogens with zero attached hydrogens (tertiary/aromatic N) is 1. The molecule has 1 fully saturated rings. The molecule has 0 radical (unpaired) electrons. The number of carbonyl (C=O) groups is 1. The predicted molar refractivity (Wildman–Crippen MR) is 104 cm³/mol. The summed E-state index contributed by atoms with van der Waals surface area (Å²) in [7, 11) is 0. The first-order valence-corrected chi connectivity index (χ1v) is 9.11. The van der Waals surface area contributed by atoms with Gasteiger partial charge in [-0.25, -0.2) is 4.79 Å². The maximum absolute atomic E-state index is 12.2. The molecule has 1 atom stereocenters. The van der Waals surface area contributed by atoms with Crippen LogP contribution in [0.25, 0.3) is 0 Å². The highest BCUT2D eigenvalue weighted by Crippen LogP contribution is 2.17. The van der Waals surface area contributed by atoms with Crippen LogP contribution >= 0.6 is 0 Å². The topological polar surface area (TPSA) is 53.6 Å². The highest BCUT2D eigenvalue weighted by atomic mass is 16.5. The molecule has 1 unspecified atom stereocenters. The Kier molecular flexibility index (Phi) is 6.26. The number of ether oxygens (including phenoxy) is 1. The summed E-state index contributed by atoms with van der Waals surface area (Å²) in [6, 6.07) is 16.1. The lowest BCUT2D eigenvalue weighted by molar-refractivity contribution is -0.0285. The van der Waals surface area contributed by atoms with Gasteiger partial charge in [0, 0.05) is 31.9 Å². The summed E-state index contributed by atoms with van der Waals surface area (Å²) in [5.74, 6) is 0. The Hall–Kier alpha value is -2.37. The van der Waals surface area contributed by atoms with Crippen molar-refractivity contribution in [1.82, 2.24) is 10.2 Å². The molecule has 2 amide bonds. The molecule has 2 N–H and O–H groups in total. The van der Waals surface area contributed by atoms with Crippen molar-refractivity contribution in [2.45, 2.75) is 26.5 Å². The monoisotopic (exact) mass is 353 g/mol. The number of rotatable bonds is 5. The maximum Gasteiger partial charge on any atom is 0.319 e. The van der Waals surface area contributed by atoms with Gasteiger partial charge in [0.2, 0.25) is 0 Å². The number of hydrogen-bond donors (Lipinski definition) is 2. The molecule has 0 aromatic heterocycles. The lowest BCUT2D eigenvalue weighted by Gasteiger charge is -2.33. The Labute approximate surface area is 155 Å². The Morgan fingerprint density at radius 2 is 1.96 bits per heavy atom. The van der Waals surface area contributed by atoms with Gasteiger partial charge in [0.05, 0.1) is 12.7 Å². The van der Waals surface area contributed by atoms with Gasteiger partial charge in [0.1, 0.15) is 0 Å². The van der Waals surface area contributed by atoms with E-state index in [4.69, 9.17) is 4.74 Å². The van der Waals surface area contributed by atoms with Gasteiger partial charge < -0.3 is 15.4 Å². The standard InChI is InChI=1S/C21H27N3O2/c1-16-7-6-10-20(17(16)2)23-21(25)22-13-19-15-24(11-12-26-19)14-18-8-4-3-5-9-18/h3-10,19H,11-15H2,1-2H3,(H2,22,23,25). The van der Waals surface area contributed by atoms with Crippen LogP contribution in [0.4, 0.5) is 10.5 Å². The van der Waals surface area contributed by atoms with Gasteiger partial charge in [-0.15, -0.1) is 0 Å². The molecule has 5 nitrogen and oxygen atoms in total. The predicted octanol–water partition coefficient (Wildman–Crippen LogP) is 3.33. The van der Waals surface area contributed by atoms with Crippen molar-refractivity contribution in [3.63, 3.8) is 0 Å². The largest absolute Gasteiger partial charge is 0.374 e. The molecule has 1 heterocycles. The van der Waals surface area contributed by atoms with Crippen molar-refractivity contribution >= 4 is 11.7 Å².